The average Bonchev–Trinajstić information content (AvgIpc) is 2.15. The van der Waals surface area contributed by atoms with E-state index >= 15 is 0 Å². The third-order valence-corrected chi connectivity index (χ3v) is 1.44. The SMILES string of the molecule is CCNC(=NCCOCC(C)C)NN. The molecule has 0 aromatic rings. The minimum absolute atomic E-state index is 0.569. The zero-order valence-electron chi connectivity index (χ0n) is 9.34. The summed E-state index contributed by atoms with van der Waals surface area (Å²) < 4.78 is 5.36. The predicted octanol–water partition coefficient (Wildman–Crippen LogP) is 0.0878. The standard InChI is InChI=1S/C9H22N4O/c1-4-11-9(13-10)12-5-6-14-7-8(2)3/h8H,4-7,10H2,1-3H3,(H2,11,12,13). The molecule has 0 aliphatic rings. The van der Waals surface area contributed by atoms with Gasteiger partial charge in [0.05, 0.1) is 13.2 Å². The lowest BCUT2D eigenvalue weighted by molar-refractivity contribution is 0.117. The van der Waals surface area contributed by atoms with E-state index in [-0.39, 0.29) is 0 Å². The normalized spacial score (nSPS) is 11.9. The van der Waals surface area contributed by atoms with Crippen LogP contribution in [0.1, 0.15) is 20.8 Å². The molecule has 0 amide bonds. The molecule has 5 nitrogen and oxygen atoms in total. The van der Waals surface area contributed by atoms with E-state index in [1.54, 1.807) is 0 Å². The van der Waals surface area contributed by atoms with E-state index in [1.165, 1.54) is 0 Å². The summed E-state index contributed by atoms with van der Waals surface area (Å²) in [6.45, 7) is 9.07. The molecular weight excluding hydrogens is 180 g/mol. The van der Waals surface area contributed by atoms with Crippen LogP contribution in [0.25, 0.3) is 0 Å². The number of aliphatic imine (C=N–C) groups is 1. The van der Waals surface area contributed by atoms with Gasteiger partial charge in [-0.2, -0.15) is 0 Å². The van der Waals surface area contributed by atoms with Crippen LogP contribution in [0.3, 0.4) is 0 Å². The maximum Gasteiger partial charge on any atom is 0.205 e. The fourth-order valence-electron chi connectivity index (χ4n) is 0.861. The Labute approximate surface area is 86.1 Å². The van der Waals surface area contributed by atoms with E-state index < -0.39 is 0 Å². The number of nitrogens with two attached hydrogens (primary N) is 1. The summed E-state index contributed by atoms with van der Waals surface area (Å²) in [6.07, 6.45) is 0. The van der Waals surface area contributed by atoms with Gasteiger partial charge in [-0.3, -0.25) is 5.43 Å². The van der Waals surface area contributed by atoms with Crippen molar-refractivity contribution in [1.29, 1.82) is 0 Å². The number of hydrazine groups is 1. The quantitative estimate of drug-likeness (QED) is 0.188. The van der Waals surface area contributed by atoms with E-state index in [0.29, 0.717) is 25.0 Å². The maximum absolute atomic E-state index is 5.36. The molecule has 0 bridgehead atoms. The minimum atomic E-state index is 0.569. The van der Waals surface area contributed by atoms with E-state index in [4.69, 9.17) is 10.6 Å². The third-order valence-electron chi connectivity index (χ3n) is 1.44. The van der Waals surface area contributed by atoms with Gasteiger partial charge in [0.2, 0.25) is 5.96 Å². The number of hydrogen-bond donors (Lipinski definition) is 3. The molecule has 5 heteroatoms. The van der Waals surface area contributed by atoms with Crippen molar-refractivity contribution in [2.75, 3.05) is 26.3 Å². The van der Waals surface area contributed by atoms with Crippen LogP contribution in [-0.4, -0.2) is 32.3 Å². The Morgan fingerprint density at radius 3 is 2.71 bits per heavy atom. The lowest BCUT2D eigenvalue weighted by Crippen LogP contribution is -2.41. The highest BCUT2D eigenvalue weighted by molar-refractivity contribution is 5.78. The number of ether oxygens (including phenoxy) is 1. The molecule has 14 heavy (non-hydrogen) atoms. The first-order valence-electron chi connectivity index (χ1n) is 5.03. The second-order valence-corrected chi connectivity index (χ2v) is 3.37. The largest absolute Gasteiger partial charge is 0.379 e. The molecule has 0 aliphatic carbocycles. The minimum Gasteiger partial charge on any atom is -0.379 e. The highest BCUT2D eigenvalue weighted by Gasteiger charge is 1.94. The summed E-state index contributed by atoms with van der Waals surface area (Å²) >= 11 is 0. The molecular formula is C9H22N4O. The Kier molecular flexibility index (Phi) is 8.27. The van der Waals surface area contributed by atoms with Gasteiger partial charge in [0, 0.05) is 13.2 Å². The van der Waals surface area contributed by atoms with Gasteiger partial charge < -0.3 is 10.1 Å². The Balaban J connectivity index is 3.47. The van der Waals surface area contributed by atoms with E-state index in [1.807, 2.05) is 6.92 Å². The van der Waals surface area contributed by atoms with Crippen molar-refractivity contribution in [3.05, 3.63) is 0 Å². The van der Waals surface area contributed by atoms with Crippen LogP contribution >= 0.6 is 0 Å². The maximum atomic E-state index is 5.36. The van der Waals surface area contributed by atoms with Crippen molar-refractivity contribution >= 4 is 5.96 Å². The molecule has 0 fully saturated rings. The van der Waals surface area contributed by atoms with Gasteiger partial charge in [-0.1, -0.05) is 13.8 Å². The van der Waals surface area contributed by atoms with Crippen molar-refractivity contribution in [2.45, 2.75) is 20.8 Å². The Morgan fingerprint density at radius 1 is 1.50 bits per heavy atom. The molecule has 0 atom stereocenters. The van der Waals surface area contributed by atoms with E-state index in [2.05, 4.69) is 29.6 Å². The van der Waals surface area contributed by atoms with Gasteiger partial charge in [-0.05, 0) is 12.8 Å². The van der Waals surface area contributed by atoms with Gasteiger partial charge in [0.15, 0.2) is 0 Å². The molecule has 0 heterocycles. The first-order valence-corrected chi connectivity index (χ1v) is 5.03. The molecule has 84 valence electrons. The molecule has 0 saturated carbocycles. The molecule has 4 N–H and O–H groups in total. The van der Waals surface area contributed by atoms with Gasteiger partial charge in [-0.15, -0.1) is 0 Å². The predicted molar refractivity (Wildman–Crippen MR) is 59.0 cm³/mol. The highest BCUT2D eigenvalue weighted by Crippen LogP contribution is 1.91. The third kappa shape index (κ3) is 7.82. The summed E-state index contributed by atoms with van der Waals surface area (Å²) in [7, 11) is 0. The Hall–Kier alpha value is -0.810. The monoisotopic (exact) mass is 202 g/mol. The van der Waals surface area contributed by atoms with Crippen LogP contribution in [0, 0.1) is 5.92 Å². The van der Waals surface area contributed by atoms with Gasteiger partial charge in [0.1, 0.15) is 0 Å². The second-order valence-electron chi connectivity index (χ2n) is 3.37. The Morgan fingerprint density at radius 2 is 2.21 bits per heavy atom. The molecule has 0 saturated heterocycles. The number of nitrogens with zero attached hydrogens (tertiary/aromatic N) is 1. The molecule has 0 aromatic carbocycles. The molecule has 0 rings (SSSR count). The topological polar surface area (TPSA) is 71.7 Å². The number of rotatable bonds is 6. The summed E-state index contributed by atoms with van der Waals surface area (Å²) in [6, 6.07) is 0. The zero-order chi connectivity index (χ0) is 10.8. The number of nitrogens with one attached hydrogen (secondary N) is 2. The van der Waals surface area contributed by atoms with Crippen molar-refractivity contribution in [3.8, 4) is 0 Å². The highest BCUT2D eigenvalue weighted by atomic mass is 16.5. The first-order chi connectivity index (χ1) is 6.70. The first kappa shape index (κ1) is 13.2. The summed E-state index contributed by atoms with van der Waals surface area (Å²) in [5.74, 6) is 6.42. The summed E-state index contributed by atoms with van der Waals surface area (Å²) in [5.41, 5.74) is 2.49. The van der Waals surface area contributed by atoms with Crippen LogP contribution in [-0.2, 0) is 4.74 Å². The fourth-order valence-corrected chi connectivity index (χ4v) is 0.861. The van der Waals surface area contributed by atoms with Crippen LogP contribution < -0.4 is 16.6 Å². The molecule has 0 radical (unpaired) electrons. The van der Waals surface area contributed by atoms with Crippen molar-refractivity contribution in [3.63, 3.8) is 0 Å². The average molecular weight is 202 g/mol. The lowest BCUT2D eigenvalue weighted by Gasteiger charge is -2.07. The van der Waals surface area contributed by atoms with Crippen molar-refractivity contribution in [2.24, 2.45) is 16.8 Å². The van der Waals surface area contributed by atoms with Crippen molar-refractivity contribution < 1.29 is 4.74 Å². The molecule has 0 spiro atoms. The lowest BCUT2D eigenvalue weighted by atomic mass is 10.2. The van der Waals surface area contributed by atoms with E-state index in [0.717, 1.165) is 13.2 Å². The smallest absolute Gasteiger partial charge is 0.205 e. The fraction of sp³-hybridized carbons (Fsp3) is 0.889. The van der Waals surface area contributed by atoms with Crippen LogP contribution in [0.2, 0.25) is 0 Å². The van der Waals surface area contributed by atoms with Crippen LogP contribution in [0.4, 0.5) is 0 Å². The molecule has 0 unspecified atom stereocenters. The summed E-state index contributed by atoms with van der Waals surface area (Å²) in [4.78, 5) is 4.17. The van der Waals surface area contributed by atoms with Crippen molar-refractivity contribution in [1.82, 2.24) is 10.7 Å². The van der Waals surface area contributed by atoms with Gasteiger partial charge in [-0.25, -0.2) is 10.8 Å². The Bertz CT molecular complexity index is 159. The van der Waals surface area contributed by atoms with Crippen LogP contribution in [0.5, 0.6) is 0 Å². The molecule has 0 aliphatic heterocycles. The second kappa shape index (κ2) is 8.77. The van der Waals surface area contributed by atoms with Crippen LogP contribution in [0.15, 0.2) is 4.99 Å². The number of guanidine groups is 1. The molecule has 0 aromatic heterocycles. The van der Waals surface area contributed by atoms with Gasteiger partial charge >= 0.3 is 0 Å². The summed E-state index contributed by atoms with van der Waals surface area (Å²) in [5, 5.41) is 2.99. The number of hydrogen-bond acceptors (Lipinski definition) is 3. The zero-order valence-corrected chi connectivity index (χ0v) is 9.34. The van der Waals surface area contributed by atoms with Gasteiger partial charge in [0.25, 0.3) is 0 Å². The van der Waals surface area contributed by atoms with E-state index in [9.17, 15) is 0 Å².